The minimum absolute atomic E-state index is 0.0641. The first-order valence-electron chi connectivity index (χ1n) is 10.1. The van der Waals surface area contributed by atoms with Crippen molar-refractivity contribution in [3.63, 3.8) is 0 Å². The van der Waals surface area contributed by atoms with E-state index in [2.05, 4.69) is 0 Å². The molecular formula is C28H16O4. The van der Waals surface area contributed by atoms with E-state index >= 15 is 0 Å². The molecule has 0 fully saturated rings. The molecule has 0 bridgehead atoms. The highest BCUT2D eigenvalue weighted by molar-refractivity contribution is 6.50. The molecule has 0 heterocycles. The van der Waals surface area contributed by atoms with Crippen molar-refractivity contribution in [3.8, 4) is 0 Å². The minimum Gasteiger partial charge on any atom is -0.289 e. The van der Waals surface area contributed by atoms with Crippen molar-refractivity contribution in [2.24, 2.45) is 0 Å². The number of allylic oxidation sites excluding steroid dienone is 1. The summed E-state index contributed by atoms with van der Waals surface area (Å²) in [6, 6.07) is 25.4. The zero-order chi connectivity index (χ0) is 22.2. The predicted octanol–water partition coefficient (Wildman–Crippen LogP) is 5.08. The van der Waals surface area contributed by atoms with Crippen LogP contribution in [0.4, 0.5) is 0 Å². The molecular weight excluding hydrogens is 400 g/mol. The lowest BCUT2D eigenvalue weighted by molar-refractivity contribution is -0.110. The molecule has 0 saturated carbocycles. The summed E-state index contributed by atoms with van der Waals surface area (Å²) in [5.41, 5.74) is 3.35. The Bertz CT molecular complexity index is 1390. The van der Waals surface area contributed by atoms with E-state index in [1.807, 2.05) is 30.3 Å². The molecule has 0 unspecified atom stereocenters. The maximum absolute atomic E-state index is 12.1. The Kier molecular flexibility index (Phi) is 4.68. The summed E-state index contributed by atoms with van der Waals surface area (Å²) >= 11 is 0. The van der Waals surface area contributed by atoms with E-state index < -0.39 is 11.6 Å². The smallest absolute Gasteiger partial charge is 0.233 e. The van der Waals surface area contributed by atoms with Crippen molar-refractivity contribution < 1.29 is 19.2 Å². The van der Waals surface area contributed by atoms with Crippen molar-refractivity contribution >= 4 is 40.0 Å². The predicted molar refractivity (Wildman–Crippen MR) is 122 cm³/mol. The van der Waals surface area contributed by atoms with Gasteiger partial charge in [0.05, 0.1) is 0 Å². The third kappa shape index (κ3) is 3.19. The zero-order valence-electron chi connectivity index (χ0n) is 16.9. The summed E-state index contributed by atoms with van der Waals surface area (Å²) in [5.74, 6) is -0.984. The molecule has 4 aromatic rings. The monoisotopic (exact) mass is 416 g/mol. The second kappa shape index (κ2) is 7.67. The fraction of sp³-hybridized carbons (Fsp3) is 0. The normalized spacial score (nSPS) is 13.8. The van der Waals surface area contributed by atoms with Gasteiger partial charge in [-0.05, 0) is 34.5 Å². The van der Waals surface area contributed by atoms with Crippen LogP contribution >= 0.6 is 0 Å². The first-order chi connectivity index (χ1) is 15.5. The van der Waals surface area contributed by atoms with E-state index in [0.717, 1.165) is 16.3 Å². The number of fused-ring (bicyclic) bond motifs is 4. The molecule has 4 aromatic carbocycles. The average Bonchev–Trinajstić information content (AvgIpc) is 2.84. The number of carbonyl (C=O) groups excluding carboxylic acids is 4. The van der Waals surface area contributed by atoms with Gasteiger partial charge in [0.25, 0.3) is 0 Å². The SMILES string of the molecule is O=C1C=Cc2cc3ccccc3cc2C1=O.O=C1c2ccccc2C(=O)c2ccccc21. The highest BCUT2D eigenvalue weighted by Crippen LogP contribution is 2.27. The van der Waals surface area contributed by atoms with Gasteiger partial charge in [-0.2, -0.15) is 0 Å². The third-order valence-electron chi connectivity index (χ3n) is 5.63. The Balaban J connectivity index is 0.000000135. The molecule has 0 aromatic heterocycles. The quantitative estimate of drug-likeness (QED) is 0.330. The van der Waals surface area contributed by atoms with Gasteiger partial charge < -0.3 is 0 Å². The second-order valence-electron chi connectivity index (χ2n) is 7.56. The Morgan fingerprint density at radius 2 is 0.844 bits per heavy atom. The van der Waals surface area contributed by atoms with Crippen molar-refractivity contribution in [3.05, 3.63) is 124 Å². The van der Waals surface area contributed by atoms with Crippen LogP contribution in [0.15, 0.2) is 91.0 Å². The van der Waals surface area contributed by atoms with Crippen molar-refractivity contribution in [2.45, 2.75) is 0 Å². The van der Waals surface area contributed by atoms with E-state index in [1.54, 1.807) is 60.7 Å². The standard InChI is InChI=1S/2C14H8O2/c15-13-9-5-1-2-6-10(9)14(16)12-8-4-3-7-11(12)13;15-13-6-5-11-7-9-3-1-2-4-10(9)8-12(11)14(13)16/h2*1-8H. The fourth-order valence-corrected chi connectivity index (χ4v) is 4.01. The molecule has 0 radical (unpaired) electrons. The van der Waals surface area contributed by atoms with Gasteiger partial charge in [-0.15, -0.1) is 0 Å². The van der Waals surface area contributed by atoms with Gasteiger partial charge in [-0.25, -0.2) is 0 Å². The van der Waals surface area contributed by atoms with Crippen molar-refractivity contribution in [1.82, 2.24) is 0 Å². The van der Waals surface area contributed by atoms with Gasteiger partial charge in [0.1, 0.15) is 0 Å². The average molecular weight is 416 g/mol. The molecule has 0 aliphatic heterocycles. The summed E-state index contributed by atoms with van der Waals surface area (Å²) in [6.45, 7) is 0. The molecule has 32 heavy (non-hydrogen) atoms. The van der Waals surface area contributed by atoms with Gasteiger partial charge in [-0.3, -0.25) is 19.2 Å². The number of hydrogen-bond acceptors (Lipinski definition) is 4. The number of ketones is 4. The number of rotatable bonds is 0. The maximum Gasteiger partial charge on any atom is 0.233 e. The minimum atomic E-state index is -0.442. The van der Waals surface area contributed by atoms with Crippen LogP contribution in [0.5, 0.6) is 0 Å². The molecule has 152 valence electrons. The fourth-order valence-electron chi connectivity index (χ4n) is 4.01. The van der Waals surface area contributed by atoms with Gasteiger partial charge in [0, 0.05) is 27.8 Å². The number of benzene rings is 4. The molecule has 2 aliphatic carbocycles. The highest BCUT2D eigenvalue weighted by Gasteiger charge is 2.28. The molecule has 6 rings (SSSR count). The van der Waals surface area contributed by atoms with Crippen LogP contribution in [0.1, 0.15) is 47.8 Å². The Hall–Kier alpha value is -4.44. The van der Waals surface area contributed by atoms with Crippen LogP contribution in [-0.2, 0) is 4.79 Å². The lowest BCUT2D eigenvalue weighted by atomic mass is 9.84. The van der Waals surface area contributed by atoms with Crippen LogP contribution in [-0.4, -0.2) is 23.1 Å². The van der Waals surface area contributed by atoms with Gasteiger partial charge in [-0.1, -0.05) is 78.9 Å². The summed E-state index contributed by atoms with van der Waals surface area (Å²) in [4.78, 5) is 47.1. The van der Waals surface area contributed by atoms with Crippen LogP contribution < -0.4 is 0 Å². The van der Waals surface area contributed by atoms with Crippen LogP contribution in [0, 0.1) is 0 Å². The van der Waals surface area contributed by atoms with Crippen molar-refractivity contribution in [2.75, 3.05) is 0 Å². The molecule has 0 saturated heterocycles. The first kappa shape index (κ1) is 19.5. The van der Waals surface area contributed by atoms with E-state index in [1.165, 1.54) is 6.08 Å². The van der Waals surface area contributed by atoms with E-state index in [9.17, 15) is 19.2 Å². The number of carbonyl (C=O) groups is 4. The molecule has 0 spiro atoms. The topological polar surface area (TPSA) is 68.3 Å². The molecule has 4 nitrogen and oxygen atoms in total. The van der Waals surface area contributed by atoms with Crippen LogP contribution in [0.2, 0.25) is 0 Å². The lowest BCUT2D eigenvalue weighted by Crippen LogP contribution is -2.20. The Morgan fingerprint density at radius 3 is 1.34 bits per heavy atom. The zero-order valence-corrected chi connectivity index (χ0v) is 16.9. The first-order valence-corrected chi connectivity index (χ1v) is 10.1. The molecule has 0 amide bonds. The molecule has 2 aliphatic rings. The third-order valence-corrected chi connectivity index (χ3v) is 5.63. The summed E-state index contributed by atoms with van der Waals surface area (Å²) in [6.07, 6.45) is 3.03. The Morgan fingerprint density at radius 1 is 0.406 bits per heavy atom. The lowest BCUT2D eigenvalue weighted by Gasteiger charge is -2.16. The molecule has 0 atom stereocenters. The molecule has 0 N–H and O–H groups in total. The maximum atomic E-state index is 12.1. The van der Waals surface area contributed by atoms with E-state index in [-0.39, 0.29) is 11.6 Å². The van der Waals surface area contributed by atoms with Crippen LogP contribution in [0.25, 0.3) is 16.8 Å². The summed E-state index contributed by atoms with van der Waals surface area (Å²) < 4.78 is 0. The van der Waals surface area contributed by atoms with E-state index in [0.29, 0.717) is 27.8 Å². The van der Waals surface area contributed by atoms with Gasteiger partial charge >= 0.3 is 0 Å². The summed E-state index contributed by atoms with van der Waals surface area (Å²) in [5, 5.41) is 2.06. The van der Waals surface area contributed by atoms with Crippen LogP contribution in [0.3, 0.4) is 0 Å². The van der Waals surface area contributed by atoms with E-state index in [4.69, 9.17) is 0 Å². The molecule has 4 heteroatoms. The number of Topliss-reactive ketones (excluding diaryl/α,β-unsaturated/α-hetero) is 1. The largest absolute Gasteiger partial charge is 0.289 e. The van der Waals surface area contributed by atoms with Gasteiger partial charge in [0.15, 0.2) is 11.6 Å². The summed E-state index contributed by atoms with van der Waals surface area (Å²) in [7, 11) is 0. The second-order valence-corrected chi connectivity index (χ2v) is 7.56. The number of hydrogen-bond donors (Lipinski definition) is 0. The van der Waals surface area contributed by atoms with Gasteiger partial charge in [0.2, 0.25) is 11.6 Å². The van der Waals surface area contributed by atoms with Crippen molar-refractivity contribution in [1.29, 1.82) is 0 Å². The highest BCUT2D eigenvalue weighted by atomic mass is 16.2. The Labute approximate surface area is 183 Å².